The number of nitrogens with zero attached hydrogens (tertiary/aromatic N) is 2. The highest BCUT2D eigenvalue weighted by Gasteiger charge is 2.13. The van der Waals surface area contributed by atoms with Gasteiger partial charge < -0.3 is 10.6 Å². The molecule has 136 valence electrons. The third-order valence-electron chi connectivity index (χ3n) is 5.54. The molecule has 1 aliphatic heterocycles. The normalized spacial score (nSPS) is 21.8. The van der Waals surface area contributed by atoms with Crippen LogP contribution in [0.2, 0.25) is 0 Å². The monoisotopic (exact) mass is 340 g/mol. The van der Waals surface area contributed by atoms with Crippen molar-refractivity contribution in [2.45, 2.75) is 64.2 Å². The number of hydrogen-bond acceptors (Lipinski definition) is 4. The Labute approximate surface area is 152 Å². The largest absolute Gasteiger partial charge is 0.369 e. The van der Waals surface area contributed by atoms with Crippen molar-refractivity contribution in [1.29, 1.82) is 0 Å². The van der Waals surface area contributed by atoms with Gasteiger partial charge in [0.25, 0.3) is 0 Å². The Bertz CT molecular complexity index is 561. The summed E-state index contributed by atoms with van der Waals surface area (Å²) in [5.74, 6) is 9.15. The number of anilines is 1. The zero-order valence-electron chi connectivity index (χ0n) is 15.4. The molecule has 25 heavy (non-hydrogen) atoms. The second-order valence-electron chi connectivity index (χ2n) is 7.58. The van der Waals surface area contributed by atoms with Gasteiger partial charge in [-0.1, -0.05) is 50.4 Å². The van der Waals surface area contributed by atoms with Crippen LogP contribution in [0.15, 0.2) is 12.5 Å². The van der Waals surface area contributed by atoms with Gasteiger partial charge in [0.15, 0.2) is 0 Å². The van der Waals surface area contributed by atoms with Crippen molar-refractivity contribution in [3.8, 4) is 11.8 Å². The molecular formula is C21H32N4. The molecule has 1 saturated heterocycles. The molecule has 1 aromatic heterocycles. The van der Waals surface area contributed by atoms with E-state index in [2.05, 4.69) is 32.4 Å². The van der Waals surface area contributed by atoms with Crippen LogP contribution in [0.4, 0.5) is 5.82 Å². The molecule has 1 atom stereocenters. The van der Waals surface area contributed by atoms with Gasteiger partial charge in [-0.05, 0) is 44.2 Å². The van der Waals surface area contributed by atoms with Gasteiger partial charge in [0.1, 0.15) is 12.1 Å². The fourth-order valence-electron chi connectivity index (χ4n) is 3.99. The summed E-state index contributed by atoms with van der Waals surface area (Å²) in [7, 11) is 0. The van der Waals surface area contributed by atoms with Crippen LogP contribution in [0.5, 0.6) is 0 Å². The van der Waals surface area contributed by atoms with Crippen molar-refractivity contribution in [2.24, 2.45) is 11.8 Å². The van der Waals surface area contributed by atoms with E-state index in [1.807, 2.05) is 6.20 Å². The Balaban J connectivity index is 1.49. The lowest BCUT2D eigenvalue weighted by atomic mass is 9.87. The van der Waals surface area contributed by atoms with Gasteiger partial charge in [0.2, 0.25) is 0 Å². The molecule has 0 amide bonds. The quantitative estimate of drug-likeness (QED) is 0.796. The minimum absolute atomic E-state index is 0.683. The van der Waals surface area contributed by atoms with E-state index < -0.39 is 0 Å². The Morgan fingerprint density at radius 1 is 1.08 bits per heavy atom. The standard InChI is InChI=1S/C21H32N4/c1-2-7-18(8-3-1)12-14-24-21-20(16-23-17-25-21)11-6-10-19-9-4-5-13-22-15-19/h16-19,22H,1-5,7-10,12-15H2,(H,23,24,25). The molecule has 1 unspecified atom stereocenters. The van der Waals surface area contributed by atoms with Crippen molar-refractivity contribution in [3.05, 3.63) is 18.1 Å². The van der Waals surface area contributed by atoms with Crippen LogP contribution < -0.4 is 10.6 Å². The third-order valence-corrected chi connectivity index (χ3v) is 5.54. The van der Waals surface area contributed by atoms with Gasteiger partial charge in [-0.25, -0.2) is 9.97 Å². The molecule has 1 aliphatic carbocycles. The Morgan fingerprint density at radius 3 is 2.84 bits per heavy atom. The SMILES string of the molecule is C(#Cc1cncnc1NCCC1CCCCC1)CC1CCCCNC1. The smallest absolute Gasteiger partial charge is 0.145 e. The molecule has 2 heterocycles. The first-order valence-corrected chi connectivity index (χ1v) is 10.2. The minimum atomic E-state index is 0.683. The third kappa shape index (κ3) is 6.32. The van der Waals surface area contributed by atoms with Gasteiger partial charge >= 0.3 is 0 Å². The lowest BCUT2D eigenvalue weighted by Gasteiger charge is -2.21. The summed E-state index contributed by atoms with van der Waals surface area (Å²) in [6.07, 6.45) is 16.6. The first-order valence-electron chi connectivity index (χ1n) is 10.2. The van der Waals surface area contributed by atoms with Crippen molar-refractivity contribution >= 4 is 5.82 Å². The van der Waals surface area contributed by atoms with Crippen LogP contribution in [-0.2, 0) is 0 Å². The number of aromatic nitrogens is 2. The number of hydrogen-bond donors (Lipinski definition) is 2. The molecule has 4 nitrogen and oxygen atoms in total. The molecular weight excluding hydrogens is 308 g/mol. The average Bonchev–Trinajstić information content (AvgIpc) is 2.93. The molecule has 2 fully saturated rings. The lowest BCUT2D eigenvalue weighted by molar-refractivity contribution is 0.345. The maximum Gasteiger partial charge on any atom is 0.145 e. The van der Waals surface area contributed by atoms with Crippen molar-refractivity contribution in [2.75, 3.05) is 25.0 Å². The van der Waals surface area contributed by atoms with E-state index in [1.165, 1.54) is 57.8 Å². The van der Waals surface area contributed by atoms with Crippen LogP contribution in [0, 0.1) is 23.7 Å². The Kier molecular flexibility index (Phi) is 7.57. The van der Waals surface area contributed by atoms with E-state index in [0.717, 1.165) is 43.4 Å². The van der Waals surface area contributed by atoms with Crippen molar-refractivity contribution in [3.63, 3.8) is 0 Å². The zero-order valence-corrected chi connectivity index (χ0v) is 15.4. The molecule has 0 spiro atoms. The van der Waals surface area contributed by atoms with Gasteiger partial charge in [0, 0.05) is 19.2 Å². The highest BCUT2D eigenvalue weighted by molar-refractivity contribution is 5.52. The van der Waals surface area contributed by atoms with Crippen LogP contribution in [0.3, 0.4) is 0 Å². The van der Waals surface area contributed by atoms with Crippen LogP contribution in [0.25, 0.3) is 0 Å². The second kappa shape index (κ2) is 10.4. The maximum atomic E-state index is 4.40. The van der Waals surface area contributed by atoms with Crippen molar-refractivity contribution in [1.82, 2.24) is 15.3 Å². The number of nitrogens with one attached hydrogen (secondary N) is 2. The minimum Gasteiger partial charge on any atom is -0.369 e. The summed E-state index contributed by atoms with van der Waals surface area (Å²) < 4.78 is 0. The Hall–Kier alpha value is -1.60. The summed E-state index contributed by atoms with van der Waals surface area (Å²) >= 11 is 0. The van der Waals surface area contributed by atoms with Gasteiger partial charge in [-0.3, -0.25) is 0 Å². The summed E-state index contributed by atoms with van der Waals surface area (Å²) in [5.41, 5.74) is 0.938. The van der Waals surface area contributed by atoms with E-state index in [1.54, 1.807) is 6.33 Å². The van der Waals surface area contributed by atoms with Crippen LogP contribution in [-0.4, -0.2) is 29.6 Å². The van der Waals surface area contributed by atoms with Gasteiger partial charge in [-0.2, -0.15) is 0 Å². The number of rotatable bonds is 5. The van der Waals surface area contributed by atoms with E-state index >= 15 is 0 Å². The predicted molar refractivity (Wildman–Crippen MR) is 103 cm³/mol. The fourth-order valence-corrected chi connectivity index (χ4v) is 3.99. The molecule has 2 aliphatic rings. The summed E-state index contributed by atoms with van der Waals surface area (Å²) in [5, 5.41) is 7.00. The highest BCUT2D eigenvalue weighted by atomic mass is 15.0. The second-order valence-corrected chi connectivity index (χ2v) is 7.58. The molecule has 0 bridgehead atoms. The van der Waals surface area contributed by atoms with E-state index in [9.17, 15) is 0 Å². The van der Waals surface area contributed by atoms with E-state index in [-0.39, 0.29) is 0 Å². The fraction of sp³-hybridized carbons (Fsp3) is 0.714. The highest BCUT2D eigenvalue weighted by Crippen LogP contribution is 2.26. The van der Waals surface area contributed by atoms with Crippen molar-refractivity contribution < 1.29 is 0 Å². The summed E-state index contributed by atoms with van der Waals surface area (Å²) in [6, 6.07) is 0. The van der Waals surface area contributed by atoms with Crippen LogP contribution >= 0.6 is 0 Å². The topological polar surface area (TPSA) is 49.8 Å². The molecule has 2 N–H and O–H groups in total. The van der Waals surface area contributed by atoms with E-state index in [4.69, 9.17) is 0 Å². The van der Waals surface area contributed by atoms with Crippen LogP contribution in [0.1, 0.15) is 69.8 Å². The van der Waals surface area contributed by atoms with E-state index in [0.29, 0.717) is 5.92 Å². The molecule has 3 rings (SSSR count). The van der Waals surface area contributed by atoms with Gasteiger partial charge in [0.05, 0.1) is 5.56 Å². The molecule has 0 aromatic carbocycles. The predicted octanol–water partition coefficient (Wildman–Crippen LogP) is 3.99. The first kappa shape index (κ1) is 18.2. The Morgan fingerprint density at radius 2 is 1.92 bits per heavy atom. The molecule has 1 aromatic rings. The summed E-state index contributed by atoms with van der Waals surface area (Å²) in [6.45, 7) is 3.25. The molecule has 1 saturated carbocycles. The zero-order chi connectivity index (χ0) is 17.2. The maximum absolute atomic E-state index is 4.40. The molecule has 4 heteroatoms. The van der Waals surface area contributed by atoms with Gasteiger partial charge in [-0.15, -0.1) is 0 Å². The molecule has 0 radical (unpaired) electrons. The first-order chi connectivity index (χ1) is 12.4. The average molecular weight is 341 g/mol. The lowest BCUT2D eigenvalue weighted by Crippen LogP contribution is -2.20. The summed E-state index contributed by atoms with van der Waals surface area (Å²) in [4.78, 5) is 8.56.